The van der Waals surface area contributed by atoms with Crippen molar-refractivity contribution < 1.29 is 17.9 Å². The van der Waals surface area contributed by atoms with Crippen LogP contribution in [0.1, 0.15) is 11.3 Å². The van der Waals surface area contributed by atoms with Crippen molar-refractivity contribution in [3.8, 4) is 5.75 Å². The van der Waals surface area contributed by atoms with Gasteiger partial charge in [-0.15, -0.1) is 0 Å². The summed E-state index contributed by atoms with van der Waals surface area (Å²) < 4.78 is 37.5. The van der Waals surface area contributed by atoms with Crippen molar-refractivity contribution in [1.29, 1.82) is 0 Å². The Morgan fingerprint density at radius 1 is 1.22 bits per heavy atom. The minimum Gasteiger partial charge on any atom is -0.497 e. The van der Waals surface area contributed by atoms with Crippen LogP contribution in [0.15, 0.2) is 58.9 Å². The van der Waals surface area contributed by atoms with Crippen LogP contribution >= 0.6 is 15.9 Å². The second-order valence-corrected chi connectivity index (χ2v) is 6.36. The van der Waals surface area contributed by atoms with Crippen LogP contribution in [0.4, 0.5) is 8.63 Å². The molecule has 0 N–H and O–H groups in total. The van der Waals surface area contributed by atoms with Gasteiger partial charge in [0.1, 0.15) is 12.0 Å². The molecule has 2 aliphatic heterocycles. The Kier molecular flexibility index (Phi) is 3.09. The van der Waals surface area contributed by atoms with E-state index in [0.717, 1.165) is 25.9 Å². The molecule has 2 aliphatic rings. The zero-order valence-corrected chi connectivity index (χ0v) is 13.8. The van der Waals surface area contributed by atoms with E-state index in [4.69, 9.17) is 4.74 Å². The molecule has 0 aliphatic carbocycles. The summed E-state index contributed by atoms with van der Waals surface area (Å²) in [7, 11) is 1.60. The predicted molar refractivity (Wildman–Crippen MR) is 90.0 cm³/mol. The third-order valence-corrected chi connectivity index (χ3v) is 4.59. The highest BCUT2D eigenvalue weighted by Gasteiger charge is 2.51. The molecule has 3 heterocycles. The van der Waals surface area contributed by atoms with E-state index in [9.17, 15) is 8.63 Å². The maximum Gasteiger partial charge on any atom is 0.737 e. The van der Waals surface area contributed by atoms with Crippen LogP contribution in [0, 0.1) is 0 Å². The summed E-state index contributed by atoms with van der Waals surface area (Å²) in [6.45, 7) is -3.89. The van der Waals surface area contributed by atoms with E-state index >= 15 is 0 Å². The number of rotatable bonds is 2. The zero-order chi connectivity index (χ0) is 16.2. The summed E-state index contributed by atoms with van der Waals surface area (Å²) in [5.41, 5.74) is 2.65. The highest BCUT2D eigenvalue weighted by Crippen LogP contribution is 2.40. The number of nitrogens with zero attached hydrogens (tertiary/aromatic N) is 2. The van der Waals surface area contributed by atoms with E-state index in [0.29, 0.717) is 15.9 Å². The Bertz CT molecular complexity index is 897. The molecule has 0 bridgehead atoms. The molecule has 116 valence electrons. The van der Waals surface area contributed by atoms with Crippen molar-refractivity contribution in [3.63, 3.8) is 0 Å². The topological polar surface area (TPSA) is 17.2 Å². The number of fused-ring (bicyclic) bond motifs is 2. The van der Waals surface area contributed by atoms with Crippen molar-refractivity contribution in [1.82, 2.24) is 4.48 Å². The van der Waals surface area contributed by atoms with Gasteiger partial charge in [0.25, 0.3) is 0 Å². The van der Waals surface area contributed by atoms with Gasteiger partial charge in [0.15, 0.2) is 5.70 Å². The maximum absolute atomic E-state index is 14.8. The molecule has 0 unspecified atom stereocenters. The summed E-state index contributed by atoms with van der Waals surface area (Å²) in [6, 6.07) is 9.15. The number of allylic oxidation sites excluding steroid dienone is 2. The highest BCUT2D eigenvalue weighted by atomic mass is 79.9. The molecule has 0 amide bonds. The molecule has 0 spiro atoms. The van der Waals surface area contributed by atoms with Gasteiger partial charge in [-0.05, 0) is 45.9 Å². The van der Waals surface area contributed by atoms with Crippen LogP contribution in [0.5, 0.6) is 5.75 Å². The van der Waals surface area contributed by atoms with Crippen LogP contribution in [0.3, 0.4) is 0 Å². The van der Waals surface area contributed by atoms with Gasteiger partial charge in [-0.3, -0.25) is 0 Å². The quantitative estimate of drug-likeness (QED) is 0.726. The molecular formula is C16H12BBrF2N2O. The van der Waals surface area contributed by atoms with E-state index in [1.54, 1.807) is 25.3 Å². The Balaban J connectivity index is 1.99. The Hall–Kier alpha value is -2.15. The van der Waals surface area contributed by atoms with E-state index in [1.165, 1.54) is 12.4 Å². The van der Waals surface area contributed by atoms with E-state index in [-0.39, 0.29) is 0 Å². The monoisotopic (exact) mass is 376 g/mol. The lowest BCUT2D eigenvalue weighted by Gasteiger charge is -2.30. The third-order valence-electron chi connectivity index (χ3n) is 4.15. The third kappa shape index (κ3) is 2.03. The van der Waals surface area contributed by atoms with E-state index in [2.05, 4.69) is 15.9 Å². The average molecular weight is 377 g/mol. The molecular weight excluding hydrogens is 365 g/mol. The minimum atomic E-state index is -3.89. The second kappa shape index (κ2) is 4.93. The fourth-order valence-electron chi connectivity index (χ4n) is 3.10. The van der Waals surface area contributed by atoms with Crippen molar-refractivity contribution >= 4 is 34.7 Å². The molecule has 0 radical (unpaired) electrons. The first-order valence-electron chi connectivity index (χ1n) is 7.11. The first-order valence-corrected chi connectivity index (χ1v) is 7.90. The van der Waals surface area contributed by atoms with Gasteiger partial charge in [-0.2, -0.15) is 0 Å². The van der Waals surface area contributed by atoms with Crippen LogP contribution < -0.4 is 4.74 Å². The maximum atomic E-state index is 14.8. The van der Waals surface area contributed by atoms with Crippen LogP contribution in [-0.4, -0.2) is 29.3 Å². The fraction of sp³-hybridized carbons (Fsp3) is 0.0625. The molecule has 0 saturated carbocycles. The van der Waals surface area contributed by atoms with Crippen molar-refractivity contribution in [2.45, 2.75) is 0 Å². The molecule has 23 heavy (non-hydrogen) atoms. The molecule has 1 aromatic carbocycles. The fourth-order valence-corrected chi connectivity index (χ4v) is 3.54. The number of benzene rings is 1. The van der Waals surface area contributed by atoms with Crippen molar-refractivity contribution in [3.05, 3.63) is 70.1 Å². The van der Waals surface area contributed by atoms with Gasteiger partial charge in [-0.1, -0.05) is 12.1 Å². The van der Waals surface area contributed by atoms with E-state index < -0.39 is 6.97 Å². The van der Waals surface area contributed by atoms with Crippen molar-refractivity contribution in [2.24, 2.45) is 0 Å². The molecule has 4 rings (SSSR count). The number of ether oxygens (including phenoxy) is 1. The first-order chi connectivity index (χ1) is 11.0. The lowest BCUT2D eigenvalue weighted by molar-refractivity contribution is -0.356. The minimum absolute atomic E-state index is 0.498. The van der Waals surface area contributed by atoms with Crippen LogP contribution in [0.2, 0.25) is 0 Å². The number of hydrogen-bond donors (Lipinski definition) is 0. The lowest BCUT2D eigenvalue weighted by atomic mass is 9.86. The molecule has 0 atom stereocenters. The molecule has 0 fully saturated rings. The molecule has 7 heteroatoms. The highest BCUT2D eigenvalue weighted by molar-refractivity contribution is 9.10. The lowest BCUT2D eigenvalue weighted by Crippen LogP contribution is -2.49. The predicted octanol–water partition coefficient (Wildman–Crippen LogP) is 3.91. The zero-order valence-electron chi connectivity index (χ0n) is 12.2. The molecule has 2 aromatic rings. The van der Waals surface area contributed by atoms with Gasteiger partial charge < -0.3 is 22.3 Å². The summed E-state index contributed by atoms with van der Waals surface area (Å²) in [6.07, 6.45) is 6.23. The Labute approximate surface area is 140 Å². The number of aromatic nitrogens is 1. The molecule has 1 aromatic heterocycles. The largest absolute Gasteiger partial charge is 0.737 e. The van der Waals surface area contributed by atoms with Gasteiger partial charge in [-0.25, -0.2) is 0 Å². The summed E-state index contributed by atoms with van der Waals surface area (Å²) >= 11 is 3.31. The van der Waals surface area contributed by atoms with E-state index in [1.807, 2.05) is 24.3 Å². The average Bonchev–Trinajstić information content (AvgIpc) is 3.16. The SMILES string of the molecule is COc1ccc(C2=C3C=CC=[N+]3[B-](F)(F)n3cc(Br)cc32)cc1. The van der Waals surface area contributed by atoms with Crippen LogP contribution in [-0.2, 0) is 0 Å². The number of methoxy groups -OCH3 is 1. The summed E-state index contributed by atoms with van der Waals surface area (Å²) in [4.78, 5) is 0. The number of hydrogen-bond acceptors (Lipinski definition) is 1. The summed E-state index contributed by atoms with van der Waals surface area (Å²) in [5.74, 6) is 0.728. The molecule has 3 nitrogen and oxygen atoms in total. The van der Waals surface area contributed by atoms with Gasteiger partial charge in [0.05, 0.1) is 12.7 Å². The van der Waals surface area contributed by atoms with Gasteiger partial charge in [0.2, 0.25) is 0 Å². The van der Waals surface area contributed by atoms with Gasteiger partial charge in [0, 0.05) is 22.3 Å². The van der Waals surface area contributed by atoms with Crippen molar-refractivity contribution in [2.75, 3.05) is 7.11 Å². The Morgan fingerprint density at radius 2 is 1.96 bits per heavy atom. The second-order valence-electron chi connectivity index (χ2n) is 5.44. The summed E-state index contributed by atoms with van der Waals surface area (Å²) in [5, 5.41) is 0. The molecule has 0 saturated heterocycles. The van der Waals surface area contributed by atoms with Crippen LogP contribution in [0.25, 0.3) is 5.57 Å². The normalized spacial score (nSPS) is 17.8. The van der Waals surface area contributed by atoms with Gasteiger partial charge >= 0.3 is 6.97 Å². The Morgan fingerprint density at radius 3 is 2.65 bits per heavy atom. The smallest absolute Gasteiger partial charge is 0.497 e. The number of halogens is 3. The standard InChI is InChI=1S/C16H12BBrF2N2O/c1-23-13-6-4-11(5-7-13)16-14-3-2-8-21(14)17(19,20)22-10-12(18)9-15(16)22/h2-10H,1H3. The first kappa shape index (κ1) is 14.4.